The molecule has 3 rings (SSSR count). The summed E-state index contributed by atoms with van der Waals surface area (Å²) in [5.74, 6) is 0.529. The molecule has 0 saturated heterocycles. The molecule has 136 valence electrons. The summed E-state index contributed by atoms with van der Waals surface area (Å²) >= 11 is 0. The number of amides is 1. The molecule has 2 aromatic heterocycles. The highest BCUT2D eigenvalue weighted by molar-refractivity contribution is 5.92. The zero-order chi connectivity index (χ0) is 18.8. The molecule has 7 heteroatoms. The summed E-state index contributed by atoms with van der Waals surface area (Å²) in [5.41, 5.74) is 3.92. The Bertz CT molecular complexity index is 1020. The van der Waals surface area contributed by atoms with Crippen LogP contribution in [0.4, 0.5) is 5.69 Å². The van der Waals surface area contributed by atoms with Crippen molar-refractivity contribution in [3.8, 4) is 0 Å². The molecule has 3 aromatic rings. The van der Waals surface area contributed by atoms with Gasteiger partial charge in [-0.3, -0.25) is 14.7 Å². The van der Waals surface area contributed by atoms with Crippen LogP contribution in [0.1, 0.15) is 48.6 Å². The summed E-state index contributed by atoms with van der Waals surface area (Å²) in [6, 6.07) is 6.00. The van der Waals surface area contributed by atoms with Gasteiger partial charge in [0, 0.05) is 17.7 Å². The molecule has 0 radical (unpaired) electrons. The molecule has 2 heterocycles. The first kappa shape index (κ1) is 17.8. The Labute approximate surface area is 151 Å². The Morgan fingerprint density at radius 3 is 2.81 bits per heavy atom. The SMILES string of the molecule is Cc1cccc(C(C)C)c1NC(=O)CCc1c(C)nc2nc[nH]n2c1=O. The summed E-state index contributed by atoms with van der Waals surface area (Å²) < 4.78 is 1.29. The highest BCUT2D eigenvalue weighted by Gasteiger charge is 2.15. The fourth-order valence-corrected chi connectivity index (χ4v) is 3.07. The third-order valence-electron chi connectivity index (χ3n) is 4.53. The van der Waals surface area contributed by atoms with Crippen LogP contribution in [0.2, 0.25) is 0 Å². The molecular formula is C19H23N5O2. The van der Waals surface area contributed by atoms with Gasteiger partial charge in [0.15, 0.2) is 0 Å². The van der Waals surface area contributed by atoms with E-state index in [-0.39, 0.29) is 17.9 Å². The third-order valence-corrected chi connectivity index (χ3v) is 4.53. The molecule has 7 nitrogen and oxygen atoms in total. The minimum Gasteiger partial charge on any atom is -0.326 e. The first-order valence-corrected chi connectivity index (χ1v) is 8.69. The molecule has 0 bridgehead atoms. The quantitative estimate of drug-likeness (QED) is 0.738. The van der Waals surface area contributed by atoms with E-state index in [1.165, 1.54) is 10.8 Å². The maximum atomic E-state index is 12.5. The molecular weight excluding hydrogens is 330 g/mol. The van der Waals surface area contributed by atoms with E-state index in [9.17, 15) is 9.59 Å². The monoisotopic (exact) mass is 353 g/mol. The smallest absolute Gasteiger partial charge is 0.277 e. The molecule has 26 heavy (non-hydrogen) atoms. The molecule has 0 fully saturated rings. The number of nitrogens with one attached hydrogen (secondary N) is 2. The molecule has 1 aromatic carbocycles. The van der Waals surface area contributed by atoms with Gasteiger partial charge in [-0.2, -0.15) is 4.52 Å². The molecule has 0 unspecified atom stereocenters. The number of para-hydroxylation sites is 1. The Morgan fingerprint density at radius 2 is 2.08 bits per heavy atom. The standard InChI is InChI=1S/C19H23N5O2/c1-11(2)14-7-5-6-12(3)17(14)23-16(25)9-8-15-13(4)22-19-20-10-21-24(19)18(15)26/h5-7,10-11H,8-9H2,1-4H3,(H,23,25)(H,20,21,22). The van der Waals surface area contributed by atoms with Crippen molar-refractivity contribution >= 4 is 17.4 Å². The second-order valence-corrected chi connectivity index (χ2v) is 6.75. The van der Waals surface area contributed by atoms with Crippen LogP contribution in [0, 0.1) is 13.8 Å². The Kier molecular flexibility index (Phi) is 4.88. The number of hydrogen-bond donors (Lipinski definition) is 2. The predicted molar refractivity (Wildman–Crippen MR) is 101 cm³/mol. The van der Waals surface area contributed by atoms with E-state index in [0.29, 0.717) is 29.4 Å². The van der Waals surface area contributed by atoms with E-state index in [4.69, 9.17) is 0 Å². The number of aryl methyl sites for hydroxylation is 2. The second kappa shape index (κ2) is 7.11. The lowest BCUT2D eigenvalue weighted by molar-refractivity contribution is -0.116. The summed E-state index contributed by atoms with van der Waals surface area (Å²) in [6.45, 7) is 7.94. The number of H-pyrrole nitrogens is 1. The van der Waals surface area contributed by atoms with Gasteiger partial charge in [0.2, 0.25) is 5.91 Å². The van der Waals surface area contributed by atoms with Crippen molar-refractivity contribution in [2.75, 3.05) is 5.32 Å². The third kappa shape index (κ3) is 3.37. The van der Waals surface area contributed by atoms with Crippen molar-refractivity contribution in [1.82, 2.24) is 19.6 Å². The van der Waals surface area contributed by atoms with E-state index >= 15 is 0 Å². The zero-order valence-electron chi connectivity index (χ0n) is 15.5. The van der Waals surface area contributed by atoms with Crippen LogP contribution in [0.3, 0.4) is 0 Å². The van der Waals surface area contributed by atoms with Gasteiger partial charge < -0.3 is 5.32 Å². The highest BCUT2D eigenvalue weighted by Crippen LogP contribution is 2.27. The molecule has 2 N–H and O–H groups in total. The first-order valence-electron chi connectivity index (χ1n) is 8.69. The number of carbonyl (C=O) groups excluding carboxylic acids is 1. The lowest BCUT2D eigenvalue weighted by Crippen LogP contribution is -2.23. The number of carbonyl (C=O) groups is 1. The largest absolute Gasteiger partial charge is 0.326 e. The summed E-state index contributed by atoms with van der Waals surface area (Å²) in [6.07, 6.45) is 1.96. The average molecular weight is 353 g/mol. The van der Waals surface area contributed by atoms with Crippen molar-refractivity contribution in [2.24, 2.45) is 0 Å². The minimum atomic E-state index is -0.212. The van der Waals surface area contributed by atoms with E-state index in [0.717, 1.165) is 16.8 Å². The molecule has 0 saturated carbocycles. The van der Waals surface area contributed by atoms with E-state index in [1.54, 1.807) is 6.92 Å². The van der Waals surface area contributed by atoms with Crippen LogP contribution in [-0.2, 0) is 11.2 Å². The van der Waals surface area contributed by atoms with Gasteiger partial charge in [0.1, 0.15) is 6.33 Å². The fraction of sp³-hybridized carbons (Fsp3) is 0.368. The molecule has 0 atom stereocenters. The number of nitrogens with zero attached hydrogens (tertiary/aromatic N) is 3. The first-order chi connectivity index (χ1) is 12.4. The number of fused-ring (bicyclic) bond motifs is 1. The highest BCUT2D eigenvalue weighted by atomic mass is 16.1. The van der Waals surface area contributed by atoms with E-state index in [1.807, 2.05) is 25.1 Å². The predicted octanol–water partition coefficient (Wildman–Crippen LogP) is 2.73. The van der Waals surface area contributed by atoms with Crippen LogP contribution in [-0.4, -0.2) is 25.5 Å². The van der Waals surface area contributed by atoms with Crippen molar-refractivity contribution in [3.05, 3.63) is 57.3 Å². The molecule has 0 aliphatic rings. The van der Waals surface area contributed by atoms with Crippen molar-refractivity contribution in [3.63, 3.8) is 0 Å². The lowest BCUT2D eigenvalue weighted by atomic mass is 9.98. The number of benzene rings is 1. The van der Waals surface area contributed by atoms with Gasteiger partial charge in [0.05, 0.1) is 5.69 Å². The molecule has 1 amide bonds. The van der Waals surface area contributed by atoms with Crippen LogP contribution >= 0.6 is 0 Å². The summed E-state index contributed by atoms with van der Waals surface area (Å²) in [5, 5.41) is 5.75. The van der Waals surface area contributed by atoms with Crippen LogP contribution in [0.5, 0.6) is 0 Å². The van der Waals surface area contributed by atoms with Gasteiger partial charge in [0.25, 0.3) is 11.3 Å². The molecule has 0 aliphatic carbocycles. The van der Waals surface area contributed by atoms with Gasteiger partial charge in [-0.15, -0.1) is 0 Å². The van der Waals surface area contributed by atoms with Gasteiger partial charge in [-0.1, -0.05) is 32.0 Å². The van der Waals surface area contributed by atoms with Crippen LogP contribution in [0.15, 0.2) is 29.3 Å². The zero-order valence-corrected chi connectivity index (χ0v) is 15.5. The van der Waals surface area contributed by atoms with E-state index < -0.39 is 0 Å². The Balaban J connectivity index is 1.78. The number of rotatable bonds is 5. The second-order valence-electron chi connectivity index (χ2n) is 6.75. The summed E-state index contributed by atoms with van der Waals surface area (Å²) in [7, 11) is 0. The number of hydrogen-bond acceptors (Lipinski definition) is 4. The van der Waals surface area contributed by atoms with Gasteiger partial charge in [-0.05, 0) is 37.3 Å². The minimum absolute atomic E-state index is 0.116. The maximum absolute atomic E-state index is 12.5. The number of aromatic amines is 1. The number of aromatic nitrogens is 4. The van der Waals surface area contributed by atoms with Crippen molar-refractivity contribution < 1.29 is 4.79 Å². The van der Waals surface area contributed by atoms with Gasteiger partial charge in [-0.25, -0.2) is 9.97 Å². The fourth-order valence-electron chi connectivity index (χ4n) is 3.07. The van der Waals surface area contributed by atoms with Crippen LogP contribution in [0.25, 0.3) is 5.78 Å². The average Bonchev–Trinajstić information content (AvgIpc) is 3.04. The molecule has 0 aliphatic heterocycles. The van der Waals surface area contributed by atoms with Crippen LogP contribution < -0.4 is 10.9 Å². The summed E-state index contributed by atoms with van der Waals surface area (Å²) in [4.78, 5) is 33.3. The maximum Gasteiger partial charge on any atom is 0.277 e. The number of anilines is 1. The Hall–Kier alpha value is -2.96. The lowest BCUT2D eigenvalue weighted by Gasteiger charge is -2.16. The van der Waals surface area contributed by atoms with Gasteiger partial charge >= 0.3 is 0 Å². The normalized spacial score (nSPS) is 11.3. The van der Waals surface area contributed by atoms with Crippen molar-refractivity contribution in [1.29, 1.82) is 0 Å². The molecule has 0 spiro atoms. The Morgan fingerprint density at radius 1 is 1.31 bits per heavy atom. The van der Waals surface area contributed by atoms with Crippen molar-refractivity contribution in [2.45, 2.75) is 46.5 Å². The topological polar surface area (TPSA) is 92.2 Å². The van der Waals surface area contributed by atoms with E-state index in [2.05, 4.69) is 34.2 Å².